The van der Waals surface area contributed by atoms with E-state index in [-0.39, 0.29) is 11.8 Å². The molecule has 0 radical (unpaired) electrons. The number of nitrogens with two attached hydrogens (primary N) is 1. The highest BCUT2D eigenvalue weighted by atomic mass is 16.2. The first-order chi connectivity index (χ1) is 8.69. The Balaban J connectivity index is 2.06. The quantitative estimate of drug-likeness (QED) is 0.803. The van der Waals surface area contributed by atoms with Crippen molar-refractivity contribution in [2.24, 2.45) is 5.73 Å². The molecule has 2 N–H and O–H groups in total. The maximum absolute atomic E-state index is 12.4. The minimum absolute atomic E-state index is 0.178. The average molecular weight is 244 g/mol. The van der Waals surface area contributed by atoms with Crippen molar-refractivity contribution in [1.29, 1.82) is 0 Å². The highest BCUT2D eigenvalue weighted by Gasteiger charge is 2.49. The van der Waals surface area contributed by atoms with Crippen LogP contribution >= 0.6 is 0 Å². The van der Waals surface area contributed by atoms with Gasteiger partial charge < -0.3 is 5.73 Å². The van der Waals surface area contributed by atoms with Gasteiger partial charge in [0.2, 0.25) is 0 Å². The molecule has 1 aliphatic heterocycles. The van der Waals surface area contributed by atoms with Crippen LogP contribution in [-0.2, 0) is 0 Å². The van der Waals surface area contributed by atoms with Gasteiger partial charge in [-0.2, -0.15) is 0 Å². The fourth-order valence-corrected chi connectivity index (χ4v) is 3.17. The van der Waals surface area contributed by atoms with E-state index in [4.69, 9.17) is 5.73 Å². The zero-order chi connectivity index (χ0) is 12.8. The number of carbonyl (C=O) groups is 2. The number of nitrogens with zero attached hydrogens (tertiary/aromatic N) is 1. The fourth-order valence-electron chi connectivity index (χ4n) is 3.17. The molecular formula is C14H16N2O2. The molecule has 0 bridgehead atoms. The van der Waals surface area contributed by atoms with Crippen LogP contribution in [0.5, 0.6) is 0 Å². The minimum Gasteiger partial charge on any atom is -0.328 e. The maximum Gasteiger partial charge on any atom is 0.262 e. The van der Waals surface area contributed by atoms with Crippen molar-refractivity contribution in [2.45, 2.75) is 31.2 Å². The van der Waals surface area contributed by atoms with Crippen LogP contribution in [0.15, 0.2) is 24.3 Å². The summed E-state index contributed by atoms with van der Waals surface area (Å²) in [5, 5.41) is 0. The van der Waals surface area contributed by atoms with Crippen molar-refractivity contribution in [1.82, 2.24) is 4.90 Å². The zero-order valence-electron chi connectivity index (χ0n) is 10.2. The van der Waals surface area contributed by atoms with E-state index >= 15 is 0 Å². The van der Waals surface area contributed by atoms with Gasteiger partial charge in [-0.3, -0.25) is 14.5 Å². The van der Waals surface area contributed by atoms with Crippen LogP contribution in [0, 0.1) is 0 Å². The van der Waals surface area contributed by atoms with Crippen molar-refractivity contribution >= 4 is 11.8 Å². The number of amides is 2. The summed E-state index contributed by atoms with van der Waals surface area (Å²) in [4.78, 5) is 26.2. The molecule has 1 fully saturated rings. The number of imide groups is 1. The van der Waals surface area contributed by atoms with Gasteiger partial charge in [0.15, 0.2) is 0 Å². The van der Waals surface area contributed by atoms with Crippen molar-refractivity contribution in [3.05, 3.63) is 35.4 Å². The van der Waals surface area contributed by atoms with Crippen molar-refractivity contribution in [3.8, 4) is 0 Å². The molecule has 1 heterocycles. The molecule has 2 amide bonds. The molecule has 1 aliphatic carbocycles. The molecular weight excluding hydrogens is 228 g/mol. The molecule has 94 valence electrons. The zero-order valence-corrected chi connectivity index (χ0v) is 10.2. The van der Waals surface area contributed by atoms with Gasteiger partial charge in [-0.25, -0.2) is 0 Å². The number of carbonyl (C=O) groups excluding carboxylic acids is 2. The van der Waals surface area contributed by atoms with E-state index in [0.717, 1.165) is 25.7 Å². The van der Waals surface area contributed by atoms with Crippen LogP contribution in [0.4, 0.5) is 0 Å². The van der Waals surface area contributed by atoms with Crippen LogP contribution in [0.3, 0.4) is 0 Å². The van der Waals surface area contributed by atoms with Gasteiger partial charge >= 0.3 is 0 Å². The normalized spacial score (nSPS) is 21.5. The number of benzene rings is 1. The van der Waals surface area contributed by atoms with Crippen LogP contribution in [0.2, 0.25) is 0 Å². The van der Waals surface area contributed by atoms with Gasteiger partial charge in [-0.05, 0) is 25.0 Å². The summed E-state index contributed by atoms with van der Waals surface area (Å²) in [6.07, 6.45) is 3.72. The van der Waals surface area contributed by atoms with Gasteiger partial charge in [-0.15, -0.1) is 0 Å². The number of fused-ring (bicyclic) bond motifs is 1. The molecule has 2 aliphatic rings. The summed E-state index contributed by atoms with van der Waals surface area (Å²) in [6.45, 7) is 0.360. The Morgan fingerprint density at radius 2 is 1.56 bits per heavy atom. The molecule has 0 spiro atoms. The van der Waals surface area contributed by atoms with Gasteiger partial charge in [0.25, 0.3) is 11.8 Å². The summed E-state index contributed by atoms with van der Waals surface area (Å²) >= 11 is 0. The second-order valence-electron chi connectivity index (χ2n) is 5.13. The first-order valence-electron chi connectivity index (χ1n) is 6.38. The van der Waals surface area contributed by atoms with Crippen LogP contribution in [0.1, 0.15) is 46.4 Å². The predicted molar refractivity (Wildman–Crippen MR) is 67.2 cm³/mol. The molecule has 0 saturated heterocycles. The molecule has 1 saturated carbocycles. The molecule has 1 aromatic rings. The highest BCUT2D eigenvalue weighted by Crippen LogP contribution is 2.39. The Bertz CT molecular complexity index is 483. The maximum atomic E-state index is 12.4. The van der Waals surface area contributed by atoms with E-state index in [1.54, 1.807) is 24.3 Å². The second-order valence-corrected chi connectivity index (χ2v) is 5.13. The smallest absolute Gasteiger partial charge is 0.262 e. The largest absolute Gasteiger partial charge is 0.328 e. The van der Waals surface area contributed by atoms with Crippen molar-refractivity contribution < 1.29 is 9.59 Å². The lowest BCUT2D eigenvalue weighted by molar-refractivity contribution is 0.0443. The van der Waals surface area contributed by atoms with Crippen molar-refractivity contribution in [3.63, 3.8) is 0 Å². The molecule has 1 aromatic carbocycles. The third-order valence-corrected chi connectivity index (χ3v) is 4.18. The van der Waals surface area contributed by atoms with E-state index in [9.17, 15) is 9.59 Å². The van der Waals surface area contributed by atoms with E-state index < -0.39 is 5.54 Å². The third-order valence-electron chi connectivity index (χ3n) is 4.18. The first kappa shape index (κ1) is 11.4. The molecule has 4 nitrogen and oxygen atoms in total. The number of rotatable bonds is 2. The second kappa shape index (κ2) is 3.92. The minimum atomic E-state index is -0.451. The summed E-state index contributed by atoms with van der Waals surface area (Å²) < 4.78 is 0. The van der Waals surface area contributed by atoms with E-state index in [2.05, 4.69) is 0 Å². The van der Waals surface area contributed by atoms with Gasteiger partial charge in [0, 0.05) is 6.54 Å². The van der Waals surface area contributed by atoms with Crippen LogP contribution in [0.25, 0.3) is 0 Å². The lowest BCUT2D eigenvalue weighted by atomic mass is 9.95. The van der Waals surface area contributed by atoms with E-state index in [0.29, 0.717) is 17.7 Å². The Labute approximate surface area is 106 Å². The van der Waals surface area contributed by atoms with Crippen LogP contribution in [-0.4, -0.2) is 28.8 Å². The van der Waals surface area contributed by atoms with Gasteiger partial charge in [0.1, 0.15) is 0 Å². The summed E-state index contributed by atoms with van der Waals surface area (Å²) in [6, 6.07) is 7.01. The summed E-state index contributed by atoms with van der Waals surface area (Å²) in [5.41, 5.74) is 6.44. The van der Waals surface area contributed by atoms with Crippen molar-refractivity contribution in [2.75, 3.05) is 6.54 Å². The SMILES string of the molecule is NCC1(N2C(=O)c3ccccc3C2=O)CCCC1. The lowest BCUT2D eigenvalue weighted by Crippen LogP contribution is -2.54. The Hall–Kier alpha value is -1.68. The first-order valence-corrected chi connectivity index (χ1v) is 6.38. The lowest BCUT2D eigenvalue weighted by Gasteiger charge is -2.36. The van der Waals surface area contributed by atoms with Gasteiger partial charge in [0.05, 0.1) is 16.7 Å². The van der Waals surface area contributed by atoms with Gasteiger partial charge in [-0.1, -0.05) is 25.0 Å². The average Bonchev–Trinajstić information content (AvgIpc) is 2.96. The van der Waals surface area contributed by atoms with E-state index in [1.165, 1.54) is 4.90 Å². The standard InChI is InChI=1S/C14H16N2O2/c15-9-14(7-3-4-8-14)16-12(17)10-5-1-2-6-11(10)13(16)18/h1-2,5-6H,3-4,7-9,15H2. The number of hydrogen-bond donors (Lipinski definition) is 1. The molecule has 0 unspecified atom stereocenters. The predicted octanol–water partition coefficient (Wildman–Crippen LogP) is 1.55. The molecule has 18 heavy (non-hydrogen) atoms. The third kappa shape index (κ3) is 1.35. The highest BCUT2D eigenvalue weighted by molar-refractivity contribution is 6.21. The number of hydrogen-bond acceptors (Lipinski definition) is 3. The van der Waals surface area contributed by atoms with E-state index in [1.807, 2.05) is 0 Å². The molecule has 3 rings (SSSR count). The Morgan fingerprint density at radius 3 is 2.00 bits per heavy atom. The monoisotopic (exact) mass is 244 g/mol. The summed E-state index contributed by atoms with van der Waals surface area (Å²) in [7, 11) is 0. The Kier molecular flexibility index (Phi) is 2.48. The molecule has 0 aromatic heterocycles. The Morgan fingerprint density at radius 1 is 1.06 bits per heavy atom. The molecule has 4 heteroatoms. The topological polar surface area (TPSA) is 63.4 Å². The summed E-state index contributed by atoms with van der Waals surface area (Å²) in [5.74, 6) is -0.356. The van der Waals surface area contributed by atoms with Crippen LogP contribution < -0.4 is 5.73 Å². The molecule has 0 atom stereocenters. The fraction of sp³-hybridized carbons (Fsp3) is 0.429.